The molecule has 0 bridgehead atoms. The Morgan fingerprint density at radius 3 is 2.56 bits per heavy atom. The molecule has 3 nitrogen and oxygen atoms in total. The van der Waals surface area contributed by atoms with Crippen molar-refractivity contribution in [3.8, 4) is 0 Å². The standard InChI is InChI=1S/C13H26N2O/c1-2-3-4-6-9-14-13(16)12-15-10-7-5-8-11-15/h2-12H2,1H3,(H,14,16). The third-order valence-corrected chi connectivity index (χ3v) is 3.17. The number of unbranched alkanes of at least 4 members (excludes halogenated alkanes) is 3. The Kier molecular flexibility index (Phi) is 7.23. The van der Waals surface area contributed by atoms with E-state index in [1.54, 1.807) is 0 Å². The molecule has 1 heterocycles. The zero-order chi connectivity index (χ0) is 11.6. The van der Waals surface area contributed by atoms with Crippen molar-refractivity contribution in [2.75, 3.05) is 26.2 Å². The first-order valence-corrected chi connectivity index (χ1v) is 6.82. The molecule has 0 saturated carbocycles. The van der Waals surface area contributed by atoms with Gasteiger partial charge in [0.25, 0.3) is 0 Å². The van der Waals surface area contributed by atoms with Crippen molar-refractivity contribution >= 4 is 5.91 Å². The second-order valence-electron chi connectivity index (χ2n) is 4.75. The van der Waals surface area contributed by atoms with Crippen molar-refractivity contribution in [3.63, 3.8) is 0 Å². The number of carbonyl (C=O) groups excluding carboxylic acids is 1. The number of hydrogen-bond acceptors (Lipinski definition) is 2. The lowest BCUT2D eigenvalue weighted by Gasteiger charge is -2.25. The Bertz CT molecular complexity index is 188. The van der Waals surface area contributed by atoms with Gasteiger partial charge in [-0.05, 0) is 32.4 Å². The van der Waals surface area contributed by atoms with Crippen LogP contribution in [0.5, 0.6) is 0 Å². The first-order valence-electron chi connectivity index (χ1n) is 6.82. The van der Waals surface area contributed by atoms with E-state index >= 15 is 0 Å². The van der Waals surface area contributed by atoms with E-state index < -0.39 is 0 Å². The predicted molar refractivity (Wildman–Crippen MR) is 67.4 cm³/mol. The van der Waals surface area contributed by atoms with Crippen LogP contribution in [0.4, 0.5) is 0 Å². The van der Waals surface area contributed by atoms with Crippen molar-refractivity contribution in [2.45, 2.75) is 51.9 Å². The zero-order valence-corrected chi connectivity index (χ0v) is 10.6. The molecule has 0 unspecified atom stereocenters. The zero-order valence-electron chi connectivity index (χ0n) is 10.6. The summed E-state index contributed by atoms with van der Waals surface area (Å²) >= 11 is 0. The molecule has 1 N–H and O–H groups in total. The summed E-state index contributed by atoms with van der Waals surface area (Å²) in [5, 5.41) is 3.01. The summed E-state index contributed by atoms with van der Waals surface area (Å²) in [6.07, 6.45) is 8.73. The van der Waals surface area contributed by atoms with Crippen LogP contribution in [-0.4, -0.2) is 37.0 Å². The number of likely N-dealkylation sites (tertiary alicyclic amines) is 1. The molecule has 1 saturated heterocycles. The average molecular weight is 226 g/mol. The molecule has 0 aromatic heterocycles. The number of nitrogens with one attached hydrogen (secondary N) is 1. The molecule has 1 amide bonds. The molecule has 0 aromatic carbocycles. The molecule has 1 rings (SSSR count). The Hall–Kier alpha value is -0.570. The van der Waals surface area contributed by atoms with Gasteiger partial charge in [0, 0.05) is 6.54 Å². The van der Waals surface area contributed by atoms with Crippen LogP contribution in [0.2, 0.25) is 0 Å². The Balaban J connectivity index is 1.97. The summed E-state index contributed by atoms with van der Waals surface area (Å²) in [6, 6.07) is 0. The summed E-state index contributed by atoms with van der Waals surface area (Å²) in [7, 11) is 0. The lowest BCUT2D eigenvalue weighted by atomic mass is 10.1. The van der Waals surface area contributed by atoms with E-state index in [0.717, 1.165) is 26.1 Å². The van der Waals surface area contributed by atoms with Crippen molar-refractivity contribution in [1.82, 2.24) is 10.2 Å². The minimum absolute atomic E-state index is 0.207. The number of nitrogens with zero attached hydrogens (tertiary/aromatic N) is 1. The molecule has 94 valence electrons. The van der Waals surface area contributed by atoms with E-state index in [9.17, 15) is 4.79 Å². The number of hydrogen-bond donors (Lipinski definition) is 1. The van der Waals surface area contributed by atoms with Gasteiger partial charge in [-0.2, -0.15) is 0 Å². The van der Waals surface area contributed by atoms with E-state index in [1.165, 1.54) is 38.5 Å². The smallest absolute Gasteiger partial charge is 0.234 e. The minimum atomic E-state index is 0.207. The van der Waals surface area contributed by atoms with Crippen LogP contribution < -0.4 is 5.32 Å². The first-order chi connectivity index (χ1) is 7.83. The second kappa shape index (κ2) is 8.57. The van der Waals surface area contributed by atoms with Gasteiger partial charge < -0.3 is 5.32 Å². The summed E-state index contributed by atoms with van der Waals surface area (Å²) in [4.78, 5) is 13.9. The molecular formula is C13H26N2O. The maximum absolute atomic E-state index is 11.6. The van der Waals surface area contributed by atoms with E-state index in [2.05, 4.69) is 17.1 Å². The average Bonchev–Trinajstić information content (AvgIpc) is 2.30. The SMILES string of the molecule is CCCCCCNC(=O)CN1CCCCC1. The minimum Gasteiger partial charge on any atom is -0.355 e. The highest BCUT2D eigenvalue weighted by atomic mass is 16.2. The molecule has 1 fully saturated rings. The van der Waals surface area contributed by atoms with Gasteiger partial charge in [-0.25, -0.2) is 0 Å². The maximum atomic E-state index is 11.6. The number of carbonyl (C=O) groups is 1. The van der Waals surface area contributed by atoms with Gasteiger partial charge in [-0.1, -0.05) is 32.6 Å². The highest BCUT2D eigenvalue weighted by molar-refractivity contribution is 5.77. The summed E-state index contributed by atoms with van der Waals surface area (Å²) in [6.45, 7) is 5.86. The molecule has 0 aliphatic carbocycles. The molecule has 0 aromatic rings. The molecule has 0 spiro atoms. The quantitative estimate of drug-likeness (QED) is 0.675. The fraction of sp³-hybridized carbons (Fsp3) is 0.923. The van der Waals surface area contributed by atoms with Crippen molar-refractivity contribution in [1.29, 1.82) is 0 Å². The van der Waals surface area contributed by atoms with E-state index in [1.807, 2.05) is 0 Å². The lowest BCUT2D eigenvalue weighted by molar-refractivity contribution is -0.122. The molecule has 16 heavy (non-hydrogen) atoms. The summed E-state index contributed by atoms with van der Waals surface area (Å²) in [5.74, 6) is 0.207. The van der Waals surface area contributed by atoms with Gasteiger partial charge in [-0.3, -0.25) is 9.69 Å². The Morgan fingerprint density at radius 1 is 1.12 bits per heavy atom. The lowest BCUT2D eigenvalue weighted by Crippen LogP contribution is -2.40. The summed E-state index contributed by atoms with van der Waals surface area (Å²) < 4.78 is 0. The molecular weight excluding hydrogens is 200 g/mol. The van der Waals surface area contributed by atoms with Gasteiger partial charge >= 0.3 is 0 Å². The molecule has 0 atom stereocenters. The second-order valence-corrected chi connectivity index (χ2v) is 4.75. The predicted octanol–water partition coefficient (Wildman–Crippen LogP) is 2.17. The highest BCUT2D eigenvalue weighted by Gasteiger charge is 2.12. The fourth-order valence-electron chi connectivity index (χ4n) is 2.16. The summed E-state index contributed by atoms with van der Waals surface area (Å²) in [5.41, 5.74) is 0. The van der Waals surface area contributed by atoms with Crippen LogP contribution >= 0.6 is 0 Å². The van der Waals surface area contributed by atoms with E-state index in [-0.39, 0.29) is 5.91 Å². The van der Waals surface area contributed by atoms with Crippen LogP contribution in [0.25, 0.3) is 0 Å². The van der Waals surface area contributed by atoms with Gasteiger partial charge in [0.05, 0.1) is 6.54 Å². The number of amides is 1. The number of piperidine rings is 1. The van der Waals surface area contributed by atoms with Crippen molar-refractivity contribution in [3.05, 3.63) is 0 Å². The van der Waals surface area contributed by atoms with Gasteiger partial charge in [0.2, 0.25) is 5.91 Å². The van der Waals surface area contributed by atoms with Crippen LogP contribution in [-0.2, 0) is 4.79 Å². The molecule has 3 heteroatoms. The van der Waals surface area contributed by atoms with Crippen LogP contribution in [0.15, 0.2) is 0 Å². The normalized spacial score (nSPS) is 17.3. The van der Waals surface area contributed by atoms with Gasteiger partial charge in [-0.15, -0.1) is 0 Å². The van der Waals surface area contributed by atoms with Crippen LogP contribution in [0.1, 0.15) is 51.9 Å². The third-order valence-electron chi connectivity index (χ3n) is 3.17. The van der Waals surface area contributed by atoms with Gasteiger partial charge in [0.1, 0.15) is 0 Å². The maximum Gasteiger partial charge on any atom is 0.234 e. The monoisotopic (exact) mass is 226 g/mol. The topological polar surface area (TPSA) is 32.3 Å². The molecule has 1 aliphatic rings. The largest absolute Gasteiger partial charge is 0.355 e. The Morgan fingerprint density at radius 2 is 1.88 bits per heavy atom. The molecule has 0 radical (unpaired) electrons. The fourth-order valence-corrected chi connectivity index (χ4v) is 2.16. The third kappa shape index (κ3) is 6.11. The van der Waals surface area contributed by atoms with Crippen molar-refractivity contribution < 1.29 is 4.79 Å². The van der Waals surface area contributed by atoms with Crippen molar-refractivity contribution in [2.24, 2.45) is 0 Å². The van der Waals surface area contributed by atoms with Gasteiger partial charge in [0.15, 0.2) is 0 Å². The number of rotatable bonds is 7. The van der Waals surface area contributed by atoms with E-state index in [0.29, 0.717) is 6.54 Å². The highest BCUT2D eigenvalue weighted by Crippen LogP contribution is 2.07. The van der Waals surface area contributed by atoms with Crippen LogP contribution in [0, 0.1) is 0 Å². The Labute approximate surface area is 99.6 Å². The van der Waals surface area contributed by atoms with E-state index in [4.69, 9.17) is 0 Å². The first kappa shape index (κ1) is 13.5. The van der Waals surface area contributed by atoms with Crippen LogP contribution in [0.3, 0.4) is 0 Å². The molecule has 1 aliphatic heterocycles.